The van der Waals surface area contributed by atoms with E-state index in [4.69, 9.17) is 5.10 Å². The Morgan fingerprint density at radius 1 is 1.24 bits per heavy atom. The Kier molecular flexibility index (Phi) is 4.12. The smallest absolute Gasteiger partial charge is 0.264 e. The molecule has 1 fully saturated rings. The lowest BCUT2D eigenvalue weighted by Gasteiger charge is -2.33. The molecule has 3 heterocycles. The van der Waals surface area contributed by atoms with E-state index in [1.54, 1.807) is 11.3 Å². The number of likely N-dealkylation sites (tertiary alicyclic amines) is 1. The van der Waals surface area contributed by atoms with E-state index in [2.05, 4.69) is 26.0 Å². The van der Waals surface area contributed by atoms with E-state index in [9.17, 15) is 4.79 Å². The first-order valence-electron chi connectivity index (χ1n) is 8.92. The van der Waals surface area contributed by atoms with Crippen LogP contribution in [0.4, 0.5) is 0 Å². The topological polar surface area (TPSA) is 38.1 Å². The largest absolute Gasteiger partial charge is 0.335 e. The summed E-state index contributed by atoms with van der Waals surface area (Å²) in [6, 6.07) is 10.6. The average molecular weight is 353 g/mol. The molecule has 3 aromatic rings. The van der Waals surface area contributed by atoms with Gasteiger partial charge in [-0.2, -0.15) is 5.10 Å². The number of thiophene rings is 1. The summed E-state index contributed by atoms with van der Waals surface area (Å²) in [6.45, 7) is 7.14. The van der Waals surface area contributed by atoms with E-state index in [-0.39, 0.29) is 5.91 Å². The van der Waals surface area contributed by atoms with Gasteiger partial charge in [0.25, 0.3) is 5.91 Å². The Morgan fingerprint density at radius 3 is 2.80 bits per heavy atom. The highest BCUT2D eigenvalue weighted by atomic mass is 32.1. The highest BCUT2D eigenvalue weighted by Crippen LogP contribution is 2.32. The molecule has 5 heteroatoms. The fourth-order valence-electron chi connectivity index (χ4n) is 3.66. The number of carbonyl (C=O) groups is 1. The van der Waals surface area contributed by atoms with Crippen LogP contribution in [0.3, 0.4) is 0 Å². The fraction of sp³-hybridized carbons (Fsp3) is 0.400. The van der Waals surface area contributed by atoms with E-state index in [0.29, 0.717) is 6.04 Å². The number of para-hydroxylation sites is 1. The minimum Gasteiger partial charge on any atom is -0.335 e. The molecule has 1 aliphatic heterocycles. The van der Waals surface area contributed by atoms with Gasteiger partial charge in [0.1, 0.15) is 4.83 Å². The van der Waals surface area contributed by atoms with Gasteiger partial charge in [0.05, 0.1) is 16.3 Å². The number of carbonyl (C=O) groups excluding carboxylic acids is 1. The molecule has 0 radical (unpaired) electrons. The summed E-state index contributed by atoms with van der Waals surface area (Å²) in [5, 5.41) is 5.80. The maximum Gasteiger partial charge on any atom is 0.264 e. The third kappa shape index (κ3) is 2.76. The third-order valence-corrected chi connectivity index (χ3v) is 6.26. The van der Waals surface area contributed by atoms with Gasteiger partial charge in [0.2, 0.25) is 0 Å². The highest BCUT2D eigenvalue weighted by molar-refractivity contribution is 7.20. The molecule has 1 atom stereocenters. The summed E-state index contributed by atoms with van der Waals surface area (Å²) in [6.07, 6.45) is 3.43. The fourth-order valence-corrected chi connectivity index (χ4v) is 4.79. The van der Waals surface area contributed by atoms with Gasteiger partial charge in [-0.05, 0) is 57.7 Å². The zero-order valence-corrected chi connectivity index (χ0v) is 15.8. The van der Waals surface area contributed by atoms with Crippen LogP contribution in [-0.2, 0) is 0 Å². The van der Waals surface area contributed by atoms with Crippen molar-refractivity contribution in [2.45, 2.75) is 46.1 Å². The van der Waals surface area contributed by atoms with Crippen molar-refractivity contribution in [3.05, 3.63) is 46.5 Å². The number of nitrogens with zero attached hydrogens (tertiary/aromatic N) is 3. The summed E-state index contributed by atoms with van der Waals surface area (Å²) in [4.78, 5) is 16.9. The van der Waals surface area contributed by atoms with Gasteiger partial charge in [-0.15, -0.1) is 11.3 Å². The standard InChI is InChI=1S/C20H23N3OS/c1-13-8-4-5-10-17(13)23-20-16(15(3)21-23)12-18(25-20)19(24)22-11-7-6-9-14(22)2/h4-5,8,10,12,14H,6-7,9,11H2,1-3H3/t14-/m1/s1. The normalized spacial score (nSPS) is 18.0. The number of hydrogen-bond donors (Lipinski definition) is 0. The van der Waals surface area contributed by atoms with Gasteiger partial charge >= 0.3 is 0 Å². The summed E-state index contributed by atoms with van der Waals surface area (Å²) >= 11 is 1.56. The van der Waals surface area contributed by atoms with Crippen LogP contribution in [0.15, 0.2) is 30.3 Å². The second kappa shape index (κ2) is 6.30. The van der Waals surface area contributed by atoms with Crippen molar-refractivity contribution >= 4 is 27.5 Å². The maximum absolute atomic E-state index is 13.0. The number of amides is 1. The van der Waals surface area contributed by atoms with Gasteiger partial charge in [-0.25, -0.2) is 4.68 Å². The molecule has 1 aliphatic rings. The molecule has 0 N–H and O–H groups in total. The molecule has 0 aliphatic carbocycles. The van der Waals surface area contributed by atoms with Crippen molar-refractivity contribution in [2.75, 3.05) is 6.54 Å². The van der Waals surface area contributed by atoms with Crippen molar-refractivity contribution < 1.29 is 4.79 Å². The molecule has 130 valence electrons. The van der Waals surface area contributed by atoms with Crippen molar-refractivity contribution in [3.8, 4) is 5.69 Å². The quantitative estimate of drug-likeness (QED) is 0.669. The molecular weight excluding hydrogens is 330 g/mol. The number of aryl methyl sites for hydroxylation is 2. The van der Waals surface area contributed by atoms with Gasteiger partial charge in [0.15, 0.2) is 0 Å². The van der Waals surface area contributed by atoms with Crippen molar-refractivity contribution in [1.82, 2.24) is 14.7 Å². The molecule has 1 aromatic carbocycles. The van der Waals surface area contributed by atoms with Crippen LogP contribution in [0.1, 0.15) is 47.1 Å². The molecule has 0 bridgehead atoms. The van der Waals surface area contributed by atoms with Crippen LogP contribution in [-0.4, -0.2) is 33.2 Å². The average Bonchev–Trinajstić information content (AvgIpc) is 3.16. The van der Waals surface area contributed by atoms with Gasteiger partial charge in [-0.3, -0.25) is 4.79 Å². The Labute approximate surface area is 152 Å². The first kappa shape index (κ1) is 16.3. The summed E-state index contributed by atoms with van der Waals surface area (Å²) in [5.74, 6) is 0.170. The first-order valence-corrected chi connectivity index (χ1v) is 9.74. The van der Waals surface area contributed by atoms with Crippen LogP contribution in [0.2, 0.25) is 0 Å². The molecule has 1 amide bonds. The molecule has 4 nitrogen and oxygen atoms in total. The van der Waals surface area contributed by atoms with Crippen molar-refractivity contribution in [2.24, 2.45) is 0 Å². The molecule has 0 spiro atoms. The van der Waals surface area contributed by atoms with Gasteiger partial charge < -0.3 is 4.90 Å². The van der Waals surface area contributed by atoms with Crippen molar-refractivity contribution in [3.63, 3.8) is 0 Å². The Morgan fingerprint density at radius 2 is 2.04 bits per heavy atom. The Hall–Kier alpha value is -2.14. The summed E-state index contributed by atoms with van der Waals surface area (Å²) in [5.41, 5.74) is 3.23. The zero-order chi connectivity index (χ0) is 17.6. The highest BCUT2D eigenvalue weighted by Gasteiger charge is 2.26. The number of benzene rings is 1. The molecule has 0 saturated carbocycles. The summed E-state index contributed by atoms with van der Waals surface area (Å²) < 4.78 is 1.99. The van der Waals surface area contributed by atoms with Crippen LogP contribution >= 0.6 is 11.3 Å². The number of rotatable bonds is 2. The minimum atomic E-state index is 0.170. The van der Waals surface area contributed by atoms with Crippen LogP contribution in [0, 0.1) is 13.8 Å². The lowest BCUT2D eigenvalue weighted by atomic mass is 10.0. The van der Waals surface area contributed by atoms with Gasteiger partial charge in [-0.1, -0.05) is 18.2 Å². The first-order chi connectivity index (χ1) is 12.1. The van der Waals surface area contributed by atoms with E-state index in [1.807, 2.05) is 34.7 Å². The molecule has 2 aromatic heterocycles. The number of fused-ring (bicyclic) bond motifs is 1. The molecule has 1 saturated heterocycles. The van der Waals surface area contributed by atoms with E-state index in [1.165, 1.54) is 12.0 Å². The molecule has 4 rings (SSSR count). The second-order valence-electron chi connectivity index (χ2n) is 6.96. The van der Waals surface area contributed by atoms with E-state index >= 15 is 0 Å². The molecule has 0 unspecified atom stereocenters. The lowest BCUT2D eigenvalue weighted by molar-refractivity contribution is 0.0641. The maximum atomic E-state index is 13.0. The number of aromatic nitrogens is 2. The van der Waals surface area contributed by atoms with Gasteiger partial charge in [0, 0.05) is 18.0 Å². The second-order valence-corrected chi connectivity index (χ2v) is 7.99. The SMILES string of the molecule is Cc1ccccc1-n1nc(C)c2cc(C(=O)N3CCCC[C@H]3C)sc21. The Balaban J connectivity index is 1.77. The van der Waals surface area contributed by atoms with Crippen molar-refractivity contribution in [1.29, 1.82) is 0 Å². The molecular formula is C20H23N3OS. The zero-order valence-electron chi connectivity index (χ0n) is 15.0. The van der Waals surface area contributed by atoms with E-state index in [0.717, 1.165) is 45.9 Å². The number of piperidine rings is 1. The third-order valence-electron chi connectivity index (χ3n) is 5.16. The van der Waals surface area contributed by atoms with Crippen LogP contribution < -0.4 is 0 Å². The predicted octanol–water partition coefficient (Wildman–Crippen LogP) is 4.72. The summed E-state index contributed by atoms with van der Waals surface area (Å²) in [7, 11) is 0. The van der Waals surface area contributed by atoms with Crippen LogP contribution in [0.5, 0.6) is 0 Å². The lowest BCUT2D eigenvalue weighted by Crippen LogP contribution is -2.41. The molecule has 25 heavy (non-hydrogen) atoms. The number of hydrogen-bond acceptors (Lipinski definition) is 3. The Bertz CT molecular complexity index is 940. The van der Waals surface area contributed by atoms with Crippen LogP contribution in [0.25, 0.3) is 15.9 Å². The van der Waals surface area contributed by atoms with E-state index < -0.39 is 0 Å². The minimum absolute atomic E-state index is 0.170. The monoisotopic (exact) mass is 353 g/mol. The predicted molar refractivity (Wildman–Crippen MR) is 103 cm³/mol.